The van der Waals surface area contributed by atoms with Crippen LogP contribution in [0.1, 0.15) is 30.9 Å². The van der Waals surface area contributed by atoms with Crippen LogP contribution < -0.4 is 5.32 Å². The standard InChI is InChI=1S/C17H20ClN3O3/c18-13-3-1-2-12(10-13)14-11-19-7-9-20(14)17(24)6-8-21-15(22)4-5-16(21)23/h1-3,10,14,19H,4-9,11H2. The largest absolute Gasteiger partial charge is 0.333 e. The highest BCUT2D eigenvalue weighted by atomic mass is 35.5. The lowest BCUT2D eigenvalue weighted by atomic mass is 10.0. The first-order valence-corrected chi connectivity index (χ1v) is 8.53. The highest BCUT2D eigenvalue weighted by Crippen LogP contribution is 2.25. The number of piperazine rings is 1. The molecule has 2 heterocycles. The van der Waals surface area contributed by atoms with Crippen LogP contribution in [0.2, 0.25) is 5.02 Å². The first-order valence-electron chi connectivity index (χ1n) is 8.15. The van der Waals surface area contributed by atoms with Gasteiger partial charge in [0.15, 0.2) is 0 Å². The number of rotatable bonds is 4. The third kappa shape index (κ3) is 3.60. The molecule has 2 fully saturated rings. The maximum absolute atomic E-state index is 12.7. The van der Waals surface area contributed by atoms with Crippen molar-refractivity contribution in [2.75, 3.05) is 26.2 Å². The van der Waals surface area contributed by atoms with Gasteiger partial charge in [-0.2, -0.15) is 0 Å². The third-order valence-corrected chi connectivity index (χ3v) is 4.74. The van der Waals surface area contributed by atoms with Crippen LogP contribution in [0.15, 0.2) is 24.3 Å². The van der Waals surface area contributed by atoms with Gasteiger partial charge in [0.05, 0.1) is 6.04 Å². The van der Waals surface area contributed by atoms with Crippen LogP contribution >= 0.6 is 11.6 Å². The molecule has 1 unspecified atom stereocenters. The number of carbonyl (C=O) groups is 3. The molecule has 2 aliphatic rings. The van der Waals surface area contributed by atoms with Crippen LogP contribution in [0.3, 0.4) is 0 Å². The van der Waals surface area contributed by atoms with Crippen LogP contribution in [0.25, 0.3) is 0 Å². The lowest BCUT2D eigenvalue weighted by Gasteiger charge is -2.37. The van der Waals surface area contributed by atoms with Crippen LogP contribution in [-0.4, -0.2) is 53.7 Å². The number of hydrogen-bond acceptors (Lipinski definition) is 4. The van der Waals surface area contributed by atoms with E-state index in [4.69, 9.17) is 11.6 Å². The first-order chi connectivity index (χ1) is 11.6. The first kappa shape index (κ1) is 16.9. The minimum absolute atomic E-state index is 0.0472. The Bertz CT molecular complexity index is 648. The Morgan fingerprint density at radius 3 is 2.71 bits per heavy atom. The van der Waals surface area contributed by atoms with E-state index in [1.807, 2.05) is 23.1 Å². The fourth-order valence-electron chi connectivity index (χ4n) is 3.24. The number of likely N-dealkylation sites (tertiary alicyclic amines) is 1. The minimum atomic E-state index is -0.181. The van der Waals surface area contributed by atoms with Crippen molar-refractivity contribution in [3.8, 4) is 0 Å². The van der Waals surface area contributed by atoms with Crippen molar-refractivity contribution in [2.24, 2.45) is 0 Å². The van der Waals surface area contributed by atoms with Crippen molar-refractivity contribution in [2.45, 2.75) is 25.3 Å². The van der Waals surface area contributed by atoms with E-state index in [2.05, 4.69) is 5.32 Å². The van der Waals surface area contributed by atoms with Gasteiger partial charge < -0.3 is 10.2 Å². The molecule has 0 aliphatic carbocycles. The number of carbonyl (C=O) groups excluding carboxylic acids is 3. The monoisotopic (exact) mass is 349 g/mol. The Balaban J connectivity index is 1.67. The summed E-state index contributed by atoms with van der Waals surface area (Å²) in [5.41, 5.74) is 0.983. The Morgan fingerprint density at radius 2 is 2.00 bits per heavy atom. The molecule has 3 amide bonds. The van der Waals surface area contributed by atoms with Gasteiger partial charge >= 0.3 is 0 Å². The SMILES string of the molecule is O=C1CCC(=O)N1CCC(=O)N1CCNCC1c1cccc(Cl)c1. The van der Waals surface area contributed by atoms with Crippen molar-refractivity contribution in [3.63, 3.8) is 0 Å². The van der Waals surface area contributed by atoms with Crippen LogP contribution in [0.5, 0.6) is 0 Å². The van der Waals surface area contributed by atoms with E-state index in [0.29, 0.717) is 18.1 Å². The molecular formula is C17H20ClN3O3. The Morgan fingerprint density at radius 1 is 1.25 bits per heavy atom. The summed E-state index contributed by atoms with van der Waals surface area (Å²) in [4.78, 5) is 39.0. The summed E-state index contributed by atoms with van der Waals surface area (Å²) >= 11 is 6.07. The van der Waals surface area contributed by atoms with Crippen molar-refractivity contribution in [3.05, 3.63) is 34.9 Å². The number of nitrogens with zero attached hydrogens (tertiary/aromatic N) is 2. The van der Waals surface area contributed by atoms with Crippen molar-refractivity contribution in [1.82, 2.24) is 15.1 Å². The second-order valence-electron chi connectivity index (χ2n) is 6.05. The van der Waals surface area contributed by atoms with Gasteiger partial charge in [0.2, 0.25) is 17.7 Å². The molecule has 6 nitrogen and oxygen atoms in total. The van der Waals surface area contributed by atoms with Crippen molar-refractivity contribution in [1.29, 1.82) is 0 Å². The van der Waals surface area contributed by atoms with Crippen LogP contribution in [0.4, 0.5) is 0 Å². The van der Waals surface area contributed by atoms with E-state index in [1.54, 1.807) is 6.07 Å². The Labute approximate surface area is 145 Å². The van der Waals surface area contributed by atoms with Crippen LogP contribution in [-0.2, 0) is 14.4 Å². The zero-order valence-electron chi connectivity index (χ0n) is 13.3. The summed E-state index contributed by atoms with van der Waals surface area (Å²) in [5, 5.41) is 3.93. The maximum Gasteiger partial charge on any atom is 0.229 e. The molecule has 3 rings (SSSR count). The summed E-state index contributed by atoms with van der Waals surface area (Å²) in [6, 6.07) is 7.41. The molecule has 0 aromatic heterocycles. The molecule has 24 heavy (non-hydrogen) atoms. The molecule has 1 atom stereocenters. The molecule has 0 radical (unpaired) electrons. The summed E-state index contributed by atoms with van der Waals surface area (Å²) in [7, 11) is 0. The van der Waals surface area contributed by atoms with E-state index < -0.39 is 0 Å². The number of nitrogens with one attached hydrogen (secondary N) is 1. The van der Waals surface area contributed by atoms with E-state index in [0.717, 1.165) is 12.1 Å². The molecule has 0 saturated carbocycles. The van der Waals surface area contributed by atoms with Crippen molar-refractivity contribution < 1.29 is 14.4 Å². The predicted molar refractivity (Wildman–Crippen MR) is 89.3 cm³/mol. The maximum atomic E-state index is 12.7. The molecule has 2 aliphatic heterocycles. The molecule has 1 aromatic rings. The van der Waals surface area contributed by atoms with E-state index >= 15 is 0 Å². The number of amides is 3. The Kier molecular flexibility index (Phi) is 5.16. The molecule has 128 valence electrons. The molecule has 1 N–H and O–H groups in total. The molecule has 0 spiro atoms. The summed E-state index contributed by atoms with van der Waals surface area (Å²) < 4.78 is 0. The third-order valence-electron chi connectivity index (χ3n) is 4.50. The zero-order chi connectivity index (χ0) is 17.1. The molecule has 1 aromatic carbocycles. The van der Waals surface area contributed by atoms with Crippen molar-refractivity contribution >= 4 is 29.3 Å². The number of imide groups is 1. The average Bonchev–Trinajstić information content (AvgIpc) is 2.91. The summed E-state index contributed by atoms with van der Waals surface area (Å²) in [5.74, 6) is -0.409. The second-order valence-corrected chi connectivity index (χ2v) is 6.49. The fourth-order valence-corrected chi connectivity index (χ4v) is 3.44. The molecular weight excluding hydrogens is 330 g/mol. The zero-order valence-corrected chi connectivity index (χ0v) is 14.1. The van der Waals surface area contributed by atoms with Gasteiger partial charge in [-0.1, -0.05) is 23.7 Å². The number of halogens is 1. The minimum Gasteiger partial charge on any atom is -0.333 e. The molecule has 0 bridgehead atoms. The summed E-state index contributed by atoms with van der Waals surface area (Å²) in [6.07, 6.45) is 0.673. The summed E-state index contributed by atoms with van der Waals surface area (Å²) in [6.45, 7) is 2.15. The van der Waals surface area contributed by atoms with E-state index in [-0.39, 0.29) is 49.6 Å². The van der Waals surface area contributed by atoms with E-state index in [1.165, 1.54) is 4.90 Å². The van der Waals surface area contributed by atoms with Gasteiger partial charge in [-0.15, -0.1) is 0 Å². The predicted octanol–water partition coefficient (Wildman–Crippen LogP) is 1.35. The smallest absolute Gasteiger partial charge is 0.229 e. The number of hydrogen-bond donors (Lipinski definition) is 1. The van der Waals surface area contributed by atoms with Gasteiger partial charge in [-0.3, -0.25) is 19.3 Å². The quantitative estimate of drug-likeness (QED) is 0.833. The van der Waals surface area contributed by atoms with Gasteiger partial charge in [-0.05, 0) is 17.7 Å². The lowest BCUT2D eigenvalue weighted by molar-refractivity contribution is -0.140. The van der Waals surface area contributed by atoms with Crippen LogP contribution in [0, 0.1) is 0 Å². The lowest BCUT2D eigenvalue weighted by Crippen LogP contribution is -2.49. The number of benzene rings is 1. The highest BCUT2D eigenvalue weighted by Gasteiger charge is 2.31. The van der Waals surface area contributed by atoms with Gasteiger partial charge in [0.1, 0.15) is 0 Å². The van der Waals surface area contributed by atoms with Gasteiger partial charge in [0, 0.05) is 50.5 Å². The topological polar surface area (TPSA) is 69.7 Å². The van der Waals surface area contributed by atoms with Gasteiger partial charge in [0.25, 0.3) is 0 Å². The highest BCUT2D eigenvalue weighted by molar-refractivity contribution is 6.30. The molecule has 2 saturated heterocycles. The van der Waals surface area contributed by atoms with E-state index in [9.17, 15) is 14.4 Å². The molecule has 7 heteroatoms. The Hall–Kier alpha value is -1.92. The second kappa shape index (κ2) is 7.32. The fraction of sp³-hybridized carbons (Fsp3) is 0.471. The average molecular weight is 350 g/mol. The normalized spacial score (nSPS) is 21.5. The van der Waals surface area contributed by atoms with Gasteiger partial charge in [-0.25, -0.2) is 0 Å².